The summed E-state index contributed by atoms with van der Waals surface area (Å²) in [4.78, 5) is 39.0. The Balaban J connectivity index is 1.20. The van der Waals surface area contributed by atoms with Gasteiger partial charge in [-0.3, -0.25) is 4.79 Å². The quantitative estimate of drug-likeness (QED) is 0.676. The van der Waals surface area contributed by atoms with Gasteiger partial charge in [0.1, 0.15) is 12.6 Å². The summed E-state index contributed by atoms with van der Waals surface area (Å²) in [6.07, 6.45) is 2.01. The third-order valence-electron chi connectivity index (χ3n) is 7.59. The van der Waals surface area contributed by atoms with Crippen LogP contribution in [0.2, 0.25) is 0 Å². The molecule has 0 aromatic heterocycles. The maximum atomic E-state index is 13.3. The molecule has 2 aromatic rings. The molecule has 1 aliphatic heterocycles. The molecule has 2 amide bonds. The number of carboxylic acid groups (broad SMARTS) is 1. The van der Waals surface area contributed by atoms with Crippen LogP contribution in [0.5, 0.6) is 0 Å². The fourth-order valence-corrected chi connectivity index (χ4v) is 5.45. The van der Waals surface area contributed by atoms with Crippen LogP contribution in [-0.4, -0.2) is 53.7 Å². The number of fused-ring (bicyclic) bond motifs is 3. The lowest BCUT2D eigenvalue weighted by atomic mass is 9.92. The standard InChI is InChI=1S/C27H30N2O5/c1-17-10-11-23(24(30)31)29(14-17)25(32)27(12-13-27)16-28-26(33)34-15-22-20-8-4-2-6-18(20)19-7-3-5-9-21(19)22/h2-9,17,22-23H,10-16H2,1H3,(H,28,33)(H,30,31). The van der Waals surface area contributed by atoms with E-state index >= 15 is 0 Å². The van der Waals surface area contributed by atoms with E-state index in [1.54, 1.807) is 0 Å². The molecule has 0 spiro atoms. The molecule has 1 heterocycles. The van der Waals surface area contributed by atoms with Crippen LogP contribution in [-0.2, 0) is 14.3 Å². The van der Waals surface area contributed by atoms with Crippen molar-refractivity contribution in [1.29, 1.82) is 0 Å². The Morgan fingerprint density at radius 1 is 1.03 bits per heavy atom. The van der Waals surface area contributed by atoms with E-state index in [1.807, 2.05) is 31.2 Å². The highest BCUT2D eigenvalue weighted by Crippen LogP contribution is 2.48. The lowest BCUT2D eigenvalue weighted by Crippen LogP contribution is -2.54. The molecule has 1 saturated carbocycles. The van der Waals surface area contributed by atoms with Crippen LogP contribution in [0.3, 0.4) is 0 Å². The van der Waals surface area contributed by atoms with Gasteiger partial charge in [0, 0.05) is 19.0 Å². The monoisotopic (exact) mass is 462 g/mol. The maximum absolute atomic E-state index is 13.3. The van der Waals surface area contributed by atoms with Crippen LogP contribution >= 0.6 is 0 Å². The number of alkyl carbamates (subject to hydrolysis) is 1. The third kappa shape index (κ3) is 4.04. The molecule has 1 saturated heterocycles. The summed E-state index contributed by atoms with van der Waals surface area (Å²) >= 11 is 0. The Morgan fingerprint density at radius 2 is 1.65 bits per heavy atom. The number of piperidine rings is 1. The van der Waals surface area contributed by atoms with E-state index in [4.69, 9.17) is 4.74 Å². The molecule has 2 aliphatic carbocycles. The van der Waals surface area contributed by atoms with E-state index in [-0.39, 0.29) is 30.9 Å². The second kappa shape index (κ2) is 8.78. The van der Waals surface area contributed by atoms with Crippen LogP contribution in [0.1, 0.15) is 49.7 Å². The van der Waals surface area contributed by atoms with Gasteiger partial charge in [-0.05, 0) is 53.9 Å². The van der Waals surface area contributed by atoms with E-state index in [0.717, 1.165) is 17.5 Å². The number of carbonyl (C=O) groups excluding carboxylic acids is 2. The zero-order chi connectivity index (χ0) is 23.9. The number of nitrogens with one attached hydrogen (secondary N) is 1. The number of likely N-dealkylation sites (tertiary alicyclic amines) is 1. The Bertz CT molecular complexity index is 1080. The summed E-state index contributed by atoms with van der Waals surface area (Å²) in [5.41, 5.74) is 3.90. The van der Waals surface area contributed by atoms with Gasteiger partial charge in [0.2, 0.25) is 5.91 Å². The van der Waals surface area contributed by atoms with Gasteiger partial charge in [0.25, 0.3) is 0 Å². The molecule has 2 aromatic carbocycles. The first-order valence-electron chi connectivity index (χ1n) is 12.0. The number of benzene rings is 2. The van der Waals surface area contributed by atoms with E-state index in [0.29, 0.717) is 25.8 Å². The molecule has 178 valence electrons. The predicted molar refractivity (Wildman–Crippen MR) is 126 cm³/mol. The van der Waals surface area contributed by atoms with Crippen molar-refractivity contribution in [1.82, 2.24) is 10.2 Å². The molecule has 0 radical (unpaired) electrons. The Hall–Kier alpha value is -3.35. The van der Waals surface area contributed by atoms with Gasteiger partial charge in [-0.2, -0.15) is 0 Å². The minimum absolute atomic E-state index is 0.0270. The van der Waals surface area contributed by atoms with Crippen LogP contribution < -0.4 is 5.32 Å². The minimum atomic E-state index is -0.958. The number of carbonyl (C=O) groups is 3. The molecule has 2 N–H and O–H groups in total. The summed E-state index contributed by atoms with van der Waals surface area (Å²) < 4.78 is 5.60. The largest absolute Gasteiger partial charge is 0.480 e. The van der Waals surface area contributed by atoms with E-state index < -0.39 is 23.5 Å². The summed E-state index contributed by atoms with van der Waals surface area (Å²) in [5, 5.41) is 12.4. The third-order valence-corrected chi connectivity index (χ3v) is 7.59. The van der Waals surface area contributed by atoms with E-state index in [9.17, 15) is 19.5 Å². The predicted octanol–water partition coefficient (Wildman–Crippen LogP) is 4.02. The van der Waals surface area contributed by atoms with Crippen molar-refractivity contribution in [2.75, 3.05) is 19.7 Å². The lowest BCUT2D eigenvalue weighted by Gasteiger charge is -2.38. The van der Waals surface area contributed by atoms with Gasteiger partial charge in [-0.15, -0.1) is 0 Å². The average molecular weight is 463 g/mol. The number of rotatable bonds is 6. The molecule has 5 rings (SSSR count). The number of hydrogen-bond acceptors (Lipinski definition) is 4. The number of ether oxygens (including phenoxy) is 1. The van der Waals surface area contributed by atoms with Gasteiger partial charge < -0.3 is 20.1 Å². The first-order valence-corrected chi connectivity index (χ1v) is 12.0. The molecule has 34 heavy (non-hydrogen) atoms. The Morgan fingerprint density at radius 3 is 2.24 bits per heavy atom. The van der Waals surface area contributed by atoms with Crippen LogP contribution in [0.25, 0.3) is 11.1 Å². The number of carboxylic acids is 1. The number of aliphatic carboxylic acids is 1. The van der Waals surface area contributed by atoms with Crippen molar-refractivity contribution >= 4 is 18.0 Å². The first-order chi connectivity index (χ1) is 16.4. The fraction of sp³-hybridized carbons (Fsp3) is 0.444. The molecule has 0 bridgehead atoms. The SMILES string of the molecule is CC1CCC(C(=O)O)N(C(=O)C2(CNC(=O)OCC3c4ccccc4-c4ccccc43)CC2)C1. The highest BCUT2D eigenvalue weighted by Gasteiger charge is 2.54. The number of amides is 2. The van der Waals surface area contributed by atoms with Crippen LogP contribution in [0.4, 0.5) is 4.79 Å². The van der Waals surface area contributed by atoms with Crippen LogP contribution in [0.15, 0.2) is 48.5 Å². The minimum Gasteiger partial charge on any atom is -0.480 e. The zero-order valence-corrected chi connectivity index (χ0v) is 19.3. The molecular formula is C27H30N2O5. The molecular weight excluding hydrogens is 432 g/mol. The van der Waals surface area contributed by atoms with Gasteiger partial charge in [-0.25, -0.2) is 9.59 Å². The smallest absolute Gasteiger partial charge is 0.407 e. The average Bonchev–Trinajstić information content (AvgIpc) is 3.57. The van der Waals surface area contributed by atoms with Gasteiger partial charge in [0.15, 0.2) is 0 Å². The van der Waals surface area contributed by atoms with Crippen molar-refractivity contribution in [3.8, 4) is 11.1 Å². The molecule has 2 atom stereocenters. The van der Waals surface area contributed by atoms with Crippen molar-refractivity contribution in [2.24, 2.45) is 11.3 Å². The van der Waals surface area contributed by atoms with Gasteiger partial charge in [0.05, 0.1) is 5.41 Å². The number of nitrogens with zero attached hydrogens (tertiary/aromatic N) is 1. The first kappa shape index (κ1) is 22.4. The summed E-state index contributed by atoms with van der Waals surface area (Å²) in [5.74, 6) is -0.878. The summed E-state index contributed by atoms with van der Waals surface area (Å²) in [6, 6.07) is 15.5. The van der Waals surface area contributed by atoms with Gasteiger partial charge >= 0.3 is 12.1 Å². The Labute approximate surface area is 199 Å². The maximum Gasteiger partial charge on any atom is 0.407 e. The van der Waals surface area contributed by atoms with Crippen molar-refractivity contribution < 1.29 is 24.2 Å². The lowest BCUT2D eigenvalue weighted by molar-refractivity contribution is -0.155. The second-order valence-electron chi connectivity index (χ2n) is 9.95. The molecule has 7 nitrogen and oxygen atoms in total. The fourth-order valence-electron chi connectivity index (χ4n) is 5.45. The molecule has 2 fully saturated rings. The van der Waals surface area contributed by atoms with Crippen molar-refractivity contribution in [2.45, 2.75) is 44.6 Å². The van der Waals surface area contributed by atoms with E-state index in [1.165, 1.54) is 16.0 Å². The van der Waals surface area contributed by atoms with Crippen molar-refractivity contribution in [3.63, 3.8) is 0 Å². The highest BCUT2D eigenvalue weighted by molar-refractivity contribution is 5.90. The number of hydrogen-bond donors (Lipinski definition) is 2. The highest BCUT2D eigenvalue weighted by atomic mass is 16.5. The second-order valence-corrected chi connectivity index (χ2v) is 9.95. The summed E-state index contributed by atoms with van der Waals surface area (Å²) in [7, 11) is 0. The van der Waals surface area contributed by atoms with Crippen LogP contribution in [0, 0.1) is 11.3 Å². The van der Waals surface area contributed by atoms with E-state index in [2.05, 4.69) is 29.6 Å². The molecule has 3 aliphatic rings. The summed E-state index contributed by atoms with van der Waals surface area (Å²) in [6.45, 7) is 2.86. The van der Waals surface area contributed by atoms with Crippen molar-refractivity contribution in [3.05, 3.63) is 59.7 Å². The molecule has 2 unspecified atom stereocenters. The normalized spacial score (nSPS) is 22.4. The topological polar surface area (TPSA) is 95.9 Å². The molecule has 7 heteroatoms. The zero-order valence-electron chi connectivity index (χ0n) is 19.3. The van der Waals surface area contributed by atoms with Gasteiger partial charge in [-0.1, -0.05) is 55.5 Å². The Kier molecular flexibility index (Phi) is 5.80.